The molecule has 0 aliphatic heterocycles. The third-order valence-electron chi connectivity index (χ3n) is 0. The topological polar surface area (TPSA) is 77.8 Å². The first-order chi connectivity index (χ1) is 2.00. The molecule has 0 aromatic heterocycles. The molecule has 3 N–H and O–H groups in total. The second-order valence-electron chi connectivity index (χ2n) is 0.513. The van der Waals surface area contributed by atoms with Gasteiger partial charge in [-0.3, -0.25) is 0 Å². The van der Waals surface area contributed by atoms with E-state index in [0.29, 0.717) is 0 Å². The van der Waals surface area contributed by atoms with Gasteiger partial charge in [-0.1, -0.05) is 0 Å². The third-order valence-corrected chi connectivity index (χ3v) is 0. The number of rotatable bonds is 0. The Bertz CT molecular complexity index is 66.7. The summed E-state index contributed by atoms with van der Waals surface area (Å²) in [5.74, 6) is 0. The van der Waals surface area contributed by atoms with Crippen LogP contribution >= 0.6 is 0 Å². The van der Waals surface area contributed by atoms with E-state index in [1.807, 2.05) is 0 Å². The maximum absolute atomic E-state index is 8.97. The molecule has 43 valence electrons. The van der Waals surface area contributed by atoms with E-state index in [1.165, 1.54) is 0 Å². The van der Waals surface area contributed by atoms with Crippen molar-refractivity contribution < 1.29 is 35.6 Å². The molecule has 0 rings (SSSR count). The van der Waals surface area contributed by atoms with Crippen LogP contribution in [-0.4, -0.2) is 130 Å². The van der Waals surface area contributed by atoms with Crippen LogP contribution in [0.15, 0.2) is 0 Å². The monoisotopic (exact) mass is 353 g/mol. The van der Waals surface area contributed by atoms with Crippen LogP contribution in [0.25, 0.3) is 0 Å². The molecule has 9 heteroatoms. The second-order valence-corrected chi connectivity index (χ2v) is 3.44. The van der Waals surface area contributed by atoms with E-state index >= 15 is 0 Å². The summed E-state index contributed by atoms with van der Waals surface area (Å²) in [4.78, 5) is 0. The molecule has 0 fully saturated rings. The van der Waals surface area contributed by atoms with Gasteiger partial charge in [-0.05, 0) is 0 Å². The van der Waals surface area contributed by atoms with Gasteiger partial charge in [0, 0.05) is 22.4 Å². The summed E-state index contributed by atoms with van der Waals surface area (Å²) in [5, 5.41) is 0. The first-order valence-corrected chi connectivity index (χ1v) is 5.25. The quantitative estimate of drug-likeness (QED) is 0.387. The van der Waals surface area contributed by atoms with Crippen molar-refractivity contribution in [1.29, 1.82) is 0 Å². The summed E-state index contributed by atoms with van der Waals surface area (Å²) in [6, 6.07) is 0. The van der Waals surface area contributed by atoms with Crippen LogP contribution in [0, 0.1) is 0 Å². The van der Waals surface area contributed by atoms with Gasteiger partial charge in [-0.25, -0.2) is 0 Å². The van der Waals surface area contributed by atoms with E-state index < -0.39 is 20.1 Å². The fourth-order valence-corrected chi connectivity index (χ4v) is 0. The predicted molar refractivity (Wildman–Crippen MR) is 34.5 cm³/mol. The van der Waals surface area contributed by atoms with Crippen molar-refractivity contribution >= 4 is 120 Å². The van der Waals surface area contributed by atoms with Crippen molar-refractivity contribution in [3.8, 4) is 0 Å². The van der Waals surface area contributed by atoms with E-state index in [4.69, 9.17) is 13.2 Å². The van der Waals surface area contributed by atoms with E-state index in [0.717, 1.165) is 0 Å². The summed E-state index contributed by atoms with van der Waals surface area (Å²) in [6.45, 7) is 0. The Kier molecular flexibility index (Phi) is 48.6. The van der Waals surface area contributed by atoms with Gasteiger partial charge in [0.1, 0.15) is 0 Å². The minimum absolute atomic E-state index is 0. The Hall–Kier alpha value is 4.47. The van der Waals surface area contributed by atoms with E-state index in [1.54, 1.807) is 0 Å². The van der Waals surface area contributed by atoms with Gasteiger partial charge in [-0.15, -0.1) is 0 Å². The second kappa shape index (κ2) is 15.0. The number of hydrogen-bond donors (Lipinski definition) is 3. The molecule has 0 atom stereocenters. The molecule has 9 heavy (non-hydrogen) atoms. The Labute approximate surface area is 151 Å². The van der Waals surface area contributed by atoms with Crippen LogP contribution in [0.3, 0.4) is 0 Å². The molecule has 4 nitrogen and oxygen atoms in total. The Morgan fingerprint density at radius 1 is 1.11 bits per heavy atom. The van der Waals surface area contributed by atoms with Crippen LogP contribution in [-0.2, 0) is 25.4 Å². The standard InChI is InChI=1S/K.Li.Na.Nb.3H2O.O.Sb.3H/h;;;;3*1H2;;;;;/q;;;;;;;;+3;;;/p-3. The summed E-state index contributed by atoms with van der Waals surface area (Å²) < 4.78 is 30.8. The molecule has 0 aromatic carbocycles. The average Bonchev–Trinajstić information content (AvgIpc) is 0.722. The molecule has 0 aromatic rings. The molecule has 0 saturated heterocycles. The van der Waals surface area contributed by atoms with E-state index in [2.05, 4.69) is 0 Å². The zero-order valence-corrected chi connectivity index (χ0v) is 7.40. The average molecular weight is 354 g/mol. The van der Waals surface area contributed by atoms with Crippen LogP contribution in [0.1, 0.15) is 0 Å². The van der Waals surface area contributed by atoms with Gasteiger partial charge in [0.15, 0.2) is 0 Å². The van der Waals surface area contributed by atoms with Gasteiger partial charge in [0.2, 0.25) is 0 Å². The van der Waals surface area contributed by atoms with Gasteiger partial charge in [0.05, 0.1) is 0 Å². The summed E-state index contributed by atoms with van der Waals surface area (Å²) in [6.07, 6.45) is 0. The first-order valence-electron chi connectivity index (χ1n) is 0.783. The summed E-state index contributed by atoms with van der Waals surface area (Å²) >= 11 is -5.35. The maximum atomic E-state index is 8.97. The van der Waals surface area contributed by atoms with Crippen LogP contribution in [0.4, 0.5) is 0 Å². The van der Waals surface area contributed by atoms with Crippen LogP contribution in [0.5, 0.6) is 0 Å². The van der Waals surface area contributed by atoms with Crippen molar-refractivity contribution in [3.63, 3.8) is 0 Å². The zero-order chi connectivity index (χ0) is 4.50. The van der Waals surface area contributed by atoms with Crippen molar-refractivity contribution in [2.45, 2.75) is 0 Å². The Morgan fingerprint density at radius 3 is 1.11 bits per heavy atom. The molecule has 0 unspecified atom stereocenters. The molecule has 0 heterocycles. The number of hydrogen-bond acceptors (Lipinski definition) is 1. The molecule has 0 spiro atoms. The SMILES string of the molecule is [KH].[LiH].[NaH].[Nb].[O]=[Sb]([OH])([OH])[OH]. The third kappa shape index (κ3) is 68.4. The summed E-state index contributed by atoms with van der Waals surface area (Å²) in [5.41, 5.74) is 0. The van der Waals surface area contributed by atoms with Crippen molar-refractivity contribution in [2.75, 3.05) is 0 Å². The van der Waals surface area contributed by atoms with Gasteiger partial charge < -0.3 is 0 Å². The van der Waals surface area contributed by atoms with Gasteiger partial charge >= 0.3 is 133 Å². The fraction of sp³-hybridized carbons (Fsp3) is 0. The molecule has 0 amide bonds. The van der Waals surface area contributed by atoms with Crippen molar-refractivity contribution in [3.05, 3.63) is 0 Å². The molecule has 0 aliphatic carbocycles. The van der Waals surface area contributed by atoms with Crippen LogP contribution < -0.4 is 0 Å². The predicted octanol–water partition coefficient (Wildman–Crippen LogP) is -4.12. The molecule has 0 bridgehead atoms. The fourth-order valence-electron chi connectivity index (χ4n) is 0. The normalized spacial score (nSPS) is 6.56. The van der Waals surface area contributed by atoms with Crippen molar-refractivity contribution in [1.82, 2.24) is 0 Å². The molecule has 0 saturated carbocycles. The molecule has 0 aliphatic rings. The zero-order valence-electron chi connectivity index (χ0n) is 2.64. The summed E-state index contributed by atoms with van der Waals surface area (Å²) in [7, 11) is 0. The first kappa shape index (κ1) is 29.2. The van der Waals surface area contributed by atoms with Gasteiger partial charge in [0.25, 0.3) is 0 Å². The molecular formula is H6KLiNaNbO4Sb. The van der Waals surface area contributed by atoms with Crippen molar-refractivity contribution in [2.24, 2.45) is 0 Å². The van der Waals surface area contributed by atoms with E-state index in [9.17, 15) is 0 Å². The Morgan fingerprint density at radius 2 is 1.11 bits per heavy atom. The van der Waals surface area contributed by atoms with E-state index in [-0.39, 0.29) is 122 Å². The molecular weight excluding hydrogens is 348 g/mol. The minimum atomic E-state index is -5.35. The molecule has 1 radical (unpaired) electrons. The Balaban J connectivity index is -0.0000000133. The van der Waals surface area contributed by atoms with Crippen LogP contribution in [0.2, 0.25) is 0 Å². The van der Waals surface area contributed by atoms with Gasteiger partial charge in [-0.2, -0.15) is 0 Å².